The summed E-state index contributed by atoms with van der Waals surface area (Å²) in [6.45, 7) is -0.0638. The summed E-state index contributed by atoms with van der Waals surface area (Å²) in [6.07, 6.45) is 5.37. The molecule has 134 valence electrons. The van der Waals surface area contributed by atoms with E-state index in [1.165, 1.54) is 6.42 Å². The van der Waals surface area contributed by atoms with Crippen LogP contribution in [-0.4, -0.2) is 40.3 Å². The molecule has 0 aromatic heterocycles. The minimum atomic E-state index is -2.71. The number of halogens is 2. The molecule has 1 atom stereocenters. The van der Waals surface area contributed by atoms with Gasteiger partial charge in [-0.2, -0.15) is 0 Å². The van der Waals surface area contributed by atoms with Gasteiger partial charge in [0.1, 0.15) is 6.10 Å². The highest BCUT2D eigenvalue weighted by atomic mass is 19.3. The van der Waals surface area contributed by atoms with Crippen molar-refractivity contribution in [2.75, 3.05) is 6.54 Å². The smallest absolute Gasteiger partial charge is 0.249 e. The maximum Gasteiger partial charge on any atom is 0.249 e. The highest BCUT2D eigenvalue weighted by Crippen LogP contribution is 2.38. The second-order valence-corrected chi connectivity index (χ2v) is 7.35. The van der Waals surface area contributed by atoms with Crippen molar-refractivity contribution in [1.29, 1.82) is 0 Å². The molecule has 2 aliphatic carbocycles. The zero-order chi connectivity index (χ0) is 16.9. The lowest BCUT2D eigenvalue weighted by Gasteiger charge is -2.36. The fourth-order valence-corrected chi connectivity index (χ4v) is 3.63. The number of hydrogen-bond acceptors (Lipinski definition) is 3. The number of amides is 1. The molecule has 4 nitrogen and oxygen atoms in total. The molecule has 0 bridgehead atoms. The monoisotopic (exact) mass is 333 g/mol. The number of alkyl halides is 2. The molecule has 0 radical (unpaired) electrons. The second kappa shape index (κ2) is 7.88. The van der Waals surface area contributed by atoms with Crippen LogP contribution in [0.5, 0.6) is 0 Å². The summed E-state index contributed by atoms with van der Waals surface area (Å²) < 4.78 is 26.3. The van der Waals surface area contributed by atoms with E-state index in [2.05, 4.69) is 5.32 Å². The third-order valence-electron chi connectivity index (χ3n) is 5.37. The number of carbonyl (C=O) groups excluding carboxylic acids is 1. The first-order valence-corrected chi connectivity index (χ1v) is 8.87. The van der Waals surface area contributed by atoms with Crippen molar-refractivity contribution in [3.8, 4) is 0 Å². The minimum Gasteiger partial charge on any atom is -0.388 e. The van der Waals surface area contributed by atoms with E-state index in [-0.39, 0.29) is 38.1 Å². The van der Waals surface area contributed by atoms with Gasteiger partial charge in [0.05, 0.1) is 5.60 Å². The van der Waals surface area contributed by atoms with E-state index in [4.69, 9.17) is 0 Å². The van der Waals surface area contributed by atoms with Crippen LogP contribution in [0.15, 0.2) is 0 Å². The van der Waals surface area contributed by atoms with Crippen LogP contribution in [0.25, 0.3) is 0 Å². The van der Waals surface area contributed by atoms with Crippen LogP contribution in [-0.2, 0) is 4.79 Å². The van der Waals surface area contributed by atoms with Gasteiger partial charge in [-0.1, -0.05) is 32.1 Å². The number of aliphatic hydroxyl groups excluding tert-OH is 1. The molecular weight excluding hydrogens is 304 g/mol. The third-order valence-corrected chi connectivity index (χ3v) is 5.37. The Kier molecular flexibility index (Phi) is 6.37. The average molecular weight is 333 g/mol. The van der Waals surface area contributed by atoms with E-state index in [9.17, 15) is 23.8 Å². The van der Waals surface area contributed by atoms with E-state index in [0.717, 1.165) is 38.5 Å². The molecule has 3 N–H and O–H groups in total. The predicted molar refractivity (Wildman–Crippen MR) is 83.2 cm³/mol. The van der Waals surface area contributed by atoms with Gasteiger partial charge in [0.25, 0.3) is 0 Å². The lowest BCUT2D eigenvalue weighted by atomic mass is 9.82. The van der Waals surface area contributed by atoms with Gasteiger partial charge < -0.3 is 15.5 Å². The Morgan fingerprint density at radius 1 is 1.04 bits per heavy atom. The molecule has 0 saturated heterocycles. The summed E-state index contributed by atoms with van der Waals surface area (Å²) in [7, 11) is 0. The van der Waals surface area contributed by atoms with E-state index in [1.807, 2.05) is 0 Å². The van der Waals surface area contributed by atoms with Gasteiger partial charge in [-0.05, 0) is 31.6 Å². The number of aliphatic hydroxyl groups is 2. The first-order chi connectivity index (χ1) is 10.8. The molecule has 0 spiro atoms. The fourth-order valence-electron chi connectivity index (χ4n) is 3.63. The molecule has 0 aromatic rings. The molecular formula is C17H29F2NO3. The fraction of sp³-hybridized carbons (Fsp3) is 0.941. The Bertz CT molecular complexity index is 385. The summed E-state index contributed by atoms with van der Waals surface area (Å²) >= 11 is 0. The summed E-state index contributed by atoms with van der Waals surface area (Å²) in [5, 5.41) is 23.1. The SMILES string of the molecule is O=C(NCC1(O)CCC(F)(F)CC1)C(O)C1CCCCCCC1. The minimum absolute atomic E-state index is 0.0280. The summed E-state index contributed by atoms with van der Waals surface area (Å²) in [4.78, 5) is 12.1. The Morgan fingerprint density at radius 2 is 1.57 bits per heavy atom. The quantitative estimate of drug-likeness (QED) is 0.741. The molecule has 2 saturated carbocycles. The number of nitrogens with one attached hydrogen (secondary N) is 1. The first kappa shape index (κ1) is 18.6. The Hall–Kier alpha value is -0.750. The molecule has 2 fully saturated rings. The lowest BCUT2D eigenvalue weighted by Crippen LogP contribution is -2.50. The maximum atomic E-state index is 13.2. The lowest BCUT2D eigenvalue weighted by molar-refractivity contribution is -0.136. The van der Waals surface area contributed by atoms with Crippen LogP contribution in [0, 0.1) is 5.92 Å². The Balaban J connectivity index is 1.79. The molecule has 1 unspecified atom stereocenters. The average Bonchev–Trinajstić information content (AvgIpc) is 2.48. The van der Waals surface area contributed by atoms with Crippen LogP contribution in [0.1, 0.15) is 70.6 Å². The van der Waals surface area contributed by atoms with Crippen molar-refractivity contribution < 1.29 is 23.8 Å². The van der Waals surface area contributed by atoms with Crippen molar-refractivity contribution in [1.82, 2.24) is 5.32 Å². The normalized spacial score (nSPS) is 26.8. The van der Waals surface area contributed by atoms with E-state index in [0.29, 0.717) is 0 Å². The highest BCUT2D eigenvalue weighted by Gasteiger charge is 2.42. The first-order valence-electron chi connectivity index (χ1n) is 8.87. The Labute approximate surface area is 136 Å². The van der Waals surface area contributed by atoms with E-state index < -0.39 is 23.5 Å². The predicted octanol–water partition coefficient (Wildman–Crippen LogP) is 2.76. The number of rotatable bonds is 4. The van der Waals surface area contributed by atoms with Crippen molar-refractivity contribution in [3.05, 3.63) is 0 Å². The van der Waals surface area contributed by atoms with Gasteiger partial charge >= 0.3 is 0 Å². The van der Waals surface area contributed by atoms with Crippen molar-refractivity contribution in [2.45, 2.75) is 88.3 Å². The van der Waals surface area contributed by atoms with E-state index >= 15 is 0 Å². The zero-order valence-corrected chi connectivity index (χ0v) is 13.7. The third kappa shape index (κ3) is 5.68. The van der Waals surface area contributed by atoms with Crippen LogP contribution < -0.4 is 5.32 Å². The summed E-state index contributed by atoms with van der Waals surface area (Å²) in [5.74, 6) is -3.24. The van der Waals surface area contributed by atoms with Crippen LogP contribution in [0.4, 0.5) is 8.78 Å². The standard InChI is InChI=1S/C17H29F2NO3/c18-17(19)10-8-16(23,9-11-17)12-20-15(22)14(21)13-6-4-2-1-3-5-7-13/h13-14,21,23H,1-12H2,(H,20,22). The van der Waals surface area contributed by atoms with Crippen LogP contribution in [0.2, 0.25) is 0 Å². The van der Waals surface area contributed by atoms with Gasteiger partial charge in [0.15, 0.2) is 0 Å². The molecule has 2 rings (SSSR count). The molecule has 0 heterocycles. The zero-order valence-electron chi connectivity index (χ0n) is 13.7. The molecule has 0 aliphatic heterocycles. The molecule has 0 aromatic carbocycles. The molecule has 2 aliphatic rings. The van der Waals surface area contributed by atoms with Crippen molar-refractivity contribution in [3.63, 3.8) is 0 Å². The van der Waals surface area contributed by atoms with Gasteiger partial charge in [0, 0.05) is 19.4 Å². The maximum absolute atomic E-state index is 13.2. The molecule has 1 amide bonds. The molecule has 6 heteroatoms. The van der Waals surface area contributed by atoms with Crippen molar-refractivity contribution in [2.24, 2.45) is 5.92 Å². The van der Waals surface area contributed by atoms with E-state index in [1.54, 1.807) is 0 Å². The second-order valence-electron chi connectivity index (χ2n) is 7.35. The van der Waals surface area contributed by atoms with Gasteiger partial charge in [-0.3, -0.25) is 4.79 Å². The van der Waals surface area contributed by atoms with Gasteiger partial charge in [0.2, 0.25) is 11.8 Å². The van der Waals surface area contributed by atoms with Gasteiger partial charge in [-0.25, -0.2) is 8.78 Å². The molecule has 23 heavy (non-hydrogen) atoms. The number of hydrogen-bond donors (Lipinski definition) is 3. The van der Waals surface area contributed by atoms with Gasteiger partial charge in [-0.15, -0.1) is 0 Å². The van der Waals surface area contributed by atoms with Crippen LogP contribution >= 0.6 is 0 Å². The summed E-state index contributed by atoms with van der Waals surface area (Å²) in [5.41, 5.74) is -1.28. The topological polar surface area (TPSA) is 69.6 Å². The highest BCUT2D eigenvalue weighted by molar-refractivity contribution is 5.80. The van der Waals surface area contributed by atoms with Crippen molar-refractivity contribution >= 4 is 5.91 Å². The largest absolute Gasteiger partial charge is 0.388 e. The van der Waals surface area contributed by atoms with Crippen LogP contribution in [0.3, 0.4) is 0 Å². The Morgan fingerprint density at radius 3 is 2.13 bits per heavy atom. The number of carbonyl (C=O) groups is 1. The summed E-state index contributed by atoms with van der Waals surface area (Å²) in [6, 6.07) is 0.